The predicted molar refractivity (Wildman–Crippen MR) is 104 cm³/mol. The number of carbonyl (C=O) groups excluding carboxylic acids is 1. The van der Waals surface area contributed by atoms with Crippen molar-refractivity contribution in [3.05, 3.63) is 47.5 Å². The molecule has 0 unspecified atom stereocenters. The Hall–Kier alpha value is -2.40. The van der Waals surface area contributed by atoms with Gasteiger partial charge in [0.15, 0.2) is 11.5 Å². The number of anilines is 2. The van der Waals surface area contributed by atoms with E-state index in [0.717, 1.165) is 5.56 Å². The standard InChI is InChI=1S/C19H24N2O3.ClH/c1-12(2)11-24-17-8-6-14(9-18(17)23-4)19(22)21-16-10-15(20)7-5-13(16)3;/h5-10,12H,11,20H2,1-4H3,(H,21,22);1H. The molecule has 6 heteroatoms. The molecule has 0 fully saturated rings. The van der Waals surface area contributed by atoms with Crippen LogP contribution in [0.4, 0.5) is 11.4 Å². The third kappa shape index (κ3) is 5.57. The molecule has 2 aromatic rings. The molecule has 0 heterocycles. The smallest absolute Gasteiger partial charge is 0.255 e. The van der Waals surface area contributed by atoms with Gasteiger partial charge in [-0.25, -0.2) is 0 Å². The molecule has 0 radical (unpaired) electrons. The average molecular weight is 365 g/mol. The number of nitrogens with one attached hydrogen (secondary N) is 1. The summed E-state index contributed by atoms with van der Waals surface area (Å²) in [5.74, 6) is 1.34. The molecule has 0 saturated heterocycles. The number of amides is 1. The lowest BCUT2D eigenvalue weighted by atomic mass is 10.1. The zero-order valence-electron chi connectivity index (χ0n) is 15.0. The summed E-state index contributed by atoms with van der Waals surface area (Å²) in [6.07, 6.45) is 0. The van der Waals surface area contributed by atoms with Gasteiger partial charge in [-0.1, -0.05) is 19.9 Å². The summed E-state index contributed by atoms with van der Waals surface area (Å²) in [4.78, 5) is 12.5. The minimum Gasteiger partial charge on any atom is -0.493 e. The van der Waals surface area contributed by atoms with Gasteiger partial charge in [0.1, 0.15) is 0 Å². The van der Waals surface area contributed by atoms with Gasteiger partial charge in [-0.2, -0.15) is 0 Å². The SMILES string of the molecule is COc1cc(C(=O)Nc2cc(N)ccc2C)ccc1OCC(C)C.Cl. The Kier molecular flexibility index (Phi) is 7.58. The molecule has 0 aliphatic carbocycles. The van der Waals surface area contributed by atoms with Crippen LogP contribution in [-0.4, -0.2) is 19.6 Å². The normalized spacial score (nSPS) is 10.1. The first-order chi connectivity index (χ1) is 11.4. The topological polar surface area (TPSA) is 73.6 Å². The van der Waals surface area contributed by atoms with Gasteiger partial charge >= 0.3 is 0 Å². The molecule has 0 saturated carbocycles. The Morgan fingerprint density at radius 3 is 2.52 bits per heavy atom. The summed E-state index contributed by atoms with van der Waals surface area (Å²) in [5.41, 5.74) is 8.51. The maximum absolute atomic E-state index is 12.5. The monoisotopic (exact) mass is 364 g/mol. The fourth-order valence-corrected chi connectivity index (χ4v) is 2.15. The number of aryl methyl sites for hydroxylation is 1. The van der Waals surface area contributed by atoms with E-state index in [1.165, 1.54) is 0 Å². The average Bonchev–Trinajstić information content (AvgIpc) is 2.56. The van der Waals surface area contributed by atoms with E-state index in [4.69, 9.17) is 15.2 Å². The molecule has 5 nitrogen and oxygen atoms in total. The predicted octanol–water partition coefficient (Wildman–Crippen LogP) is 4.29. The van der Waals surface area contributed by atoms with E-state index in [1.807, 2.05) is 13.0 Å². The van der Waals surface area contributed by atoms with Crippen molar-refractivity contribution < 1.29 is 14.3 Å². The van der Waals surface area contributed by atoms with Crippen molar-refractivity contribution in [3.8, 4) is 11.5 Å². The lowest BCUT2D eigenvalue weighted by Crippen LogP contribution is -2.13. The van der Waals surface area contributed by atoms with Crippen LogP contribution in [0.3, 0.4) is 0 Å². The number of nitrogens with two attached hydrogens (primary N) is 1. The van der Waals surface area contributed by atoms with E-state index in [1.54, 1.807) is 37.4 Å². The third-order valence-corrected chi connectivity index (χ3v) is 3.51. The molecule has 0 bridgehead atoms. The van der Waals surface area contributed by atoms with Gasteiger partial charge in [0.05, 0.1) is 13.7 Å². The molecule has 0 aliphatic heterocycles. The zero-order valence-corrected chi connectivity index (χ0v) is 15.8. The number of carbonyl (C=O) groups is 1. The summed E-state index contributed by atoms with van der Waals surface area (Å²) in [6, 6.07) is 10.6. The quantitative estimate of drug-likeness (QED) is 0.749. The second-order valence-electron chi connectivity index (χ2n) is 6.10. The van der Waals surface area contributed by atoms with Crippen LogP contribution >= 0.6 is 12.4 Å². The molecule has 2 aromatic carbocycles. The van der Waals surface area contributed by atoms with Crippen LogP contribution in [0.15, 0.2) is 36.4 Å². The van der Waals surface area contributed by atoms with Crippen molar-refractivity contribution in [2.24, 2.45) is 5.92 Å². The number of ether oxygens (including phenoxy) is 2. The number of rotatable bonds is 6. The maximum atomic E-state index is 12.5. The Morgan fingerprint density at radius 1 is 1.16 bits per heavy atom. The number of hydrogen-bond acceptors (Lipinski definition) is 4. The van der Waals surface area contributed by atoms with E-state index >= 15 is 0 Å². The first-order valence-corrected chi connectivity index (χ1v) is 7.89. The minimum atomic E-state index is -0.225. The Balaban J connectivity index is 0.00000312. The van der Waals surface area contributed by atoms with Crippen molar-refractivity contribution in [1.29, 1.82) is 0 Å². The first-order valence-electron chi connectivity index (χ1n) is 7.89. The van der Waals surface area contributed by atoms with Crippen molar-refractivity contribution in [2.75, 3.05) is 24.8 Å². The first kappa shape index (κ1) is 20.6. The largest absolute Gasteiger partial charge is 0.493 e. The highest BCUT2D eigenvalue weighted by molar-refractivity contribution is 6.05. The van der Waals surface area contributed by atoms with E-state index in [0.29, 0.717) is 41.0 Å². The van der Waals surface area contributed by atoms with Gasteiger partial charge in [0.25, 0.3) is 5.91 Å². The van der Waals surface area contributed by atoms with Crippen molar-refractivity contribution >= 4 is 29.7 Å². The molecule has 0 aromatic heterocycles. The molecule has 136 valence electrons. The van der Waals surface area contributed by atoms with E-state index < -0.39 is 0 Å². The summed E-state index contributed by atoms with van der Waals surface area (Å²) in [5, 5.41) is 2.87. The van der Waals surface area contributed by atoms with E-state index in [-0.39, 0.29) is 18.3 Å². The molecule has 2 rings (SSSR count). The van der Waals surface area contributed by atoms with Crippen LogP contribution in [-0.2, 0) is 0 Å². The fourth-order valence-electron chi connectivity index (χ4n) is 2.15. The molecule has 25 heavy (non-hydrogen) atoms. The van der Waals surface area contributed by atoms with Crippen LogP contribution in [0.1, 0.15) is 29.8 Å². The summed E-state index contributed by atoms with van der Waals surface area (Å²) in [7, 11) is 1.56. The van der Waals surface area contributed by atoms with Gasteiger partial charge < -0.3 is 20.5 Å². The highest BCUT2D eigenvalue weighted by Gasteiger charge is 2.13. The summed E-state index contributed by atoms with van der Waals surface area (Å²) >= 11 is 0. The summed E-state index contributed by atoms with van der Waals surface area (Å²) < 4.78 is 11.0. The van der Waals surface area contributed by atoms with Gasteiger partial charge in [-0.05, 0) is 48.7 Å². The second-order valence-corrected chi connectivity index (χ2v) is 6.10. The highest BCUT2D eigenvalue weighted by Crippen LogP contribution is 2.29. The molecular weight excluding hydrogens is 340 g/mol. The zero-order chi connectivity index (χ0) is 17.7. The molecule has 0 atom stereocenters. The maximum Gasteiger partial charge on any atom is 0.255 e. The number of hydrogen-bond donors (Lipinski definition) is 2. The minimum absolute atomic E-state index is 0. The lowest BCUT2D eigenvalue weighted by Gasteiger charge is -2.14. The lowest BCUT2D eigenvalue weighted by molar-refractivity contribution is 0.102. The molecule has 0 aliphatic rings. The van der Waals surface area contributed by atoms with Crippen LogP contribution in [0.25, 0.3) is 0 Å². The van der Waals surface area contributed by atoms with Crippen molar-refractivity contribution in [2.45, 2.75) is 20.8 Å². The third-order valence-electron chi connectivity index (χ3n) is 3.51. The molecular formula is C19H25ClN2O3. The van der Waals surface area contributed by atoms with Crippen LogP contribution < -0.4 is 20.5 Å². The van der Waals surface area contributed by atoms with Gasteiger partial charge in [0, 0.05) is 16.9 Å². The van der Waals surface area contributed by atoms with Gasteiger partial charge in [-0.3, -0.25) is 4.79 Å². The molecule has 0 spiro atoms. The van der Waals surface area contributed by atoms with E-state index in [2.05, 4.69) is 19.2 Å². The highest BCUT2D eigenvalue weighted by atomic mass is 35.5. The Labute approximate surface area is 154 Å². The van der Waals surface area contributed by atoms with Gasteiger partial charge in [-0.15, -0.1) is 12.4 Å². The van der Waals surface area contributed by atoms with Crippen LogP contribution in [0.5, 0.6) is 11.5 Å². The number of benzene rings is 2. The molecule has 1 amide bonds. The Morgan fingerprint density at radius 2 is 1.88 bits per heavy atom. The van der Waals surface area contributed by atoms with Crippen molar-refractivity contribution in [1.82, 2.24) is 0 Å². The van der Waals surface area contributed by atoms with E-state index in [9.17, 15) is 4.79 Å². The molecule has 3 N–H and O–H groups in total. The van der Waals surface area contributed by atoms with Crippen LogP contribution in [0, 0.1) is 12.8 Å². The van der Waals surface area contributed by atoms with Crippen molar-refractivity contribution in [3.63, 3.8) is 0 Å². The fraction of sp³-hybridized carbons (Fsp3) is 0.316. The summed E-state index contributed by atoms with van der Waals surface area (Å²) in [6.45, 7) is 6.65. The number of methoxy groups -OCH3 is 1. The van der Waals surface area contributed by atoms with Gasteiger partial charge in [0.2, 0.25) is 0 Å². The Bertz CT molecular complexity index is 733. The second kappa shape index (κ2) is 9.18. The van der Waals surface area contributed by atoms with Crippen LogP contribution in [0.2, 0.25) is 0 Å². The number of nitrogen functional groups attached to an aromatic ring is 1. The number of halogens is 1.